The quantitative estimate of drug-likeness (QED) is 0.428. The molecule has 0 radical (unpaired) electrons. The van der Waals surface area contributed by atoms with Gasteiger partial charge in [0, 0.05) is 22.9 Å². The van der Waals surface area contributed by atoms with Gasteiger partial charge in [-0.05, 0) is 30.0 Å². The molecule has 1 saturated carbocycles. The number of nitrogens with zero attached hydrogens (tertiary/aromatic N) is 2. The molecule has 1 amide bonds. The molecule has 0 aliphatic heterocycles. The maximum atomic E-state index is 13.0. The first kappa shape index (κ1) is 19.8. The number of hydrogen-bond donors (Lipinski definition) is 1. The van der Waals surface area contributed by atoms with Crippen molar-refractivity contribution in [3.63, 3.8) is 0 Å². The van der Waals surface area contributed by atoms with Gasteiger partial charge in [-0.1, -0.05) is 42.5 Å². The van der Waals surface area contributed by atoms with Gasteiger partial charge in [0.1, 0.15) is 4.88 Å². The molecule has 0 unspecified atom stereocenters. The number of carbonyl (C=O) groups excluding carboxylic acids is 1. The van der Waals surface area contributed by atoms with Gasteiger partial charge in [-0.15, -0.1) is 11.3 Å². The second-order valence-electron chi connectivity index (χ2n) is 7.12. The van der Waals surface area contributed by atoms with E-state index in [9.17, 15) is 24.8 Å². The molecule has 1 aliphatic carbocycles. The Morgan fingerprint density at radius 3 is 2.33 bits per heavy atom. The highest BCUT2D eigenvalue weighted by molar-refractivity contribution is 7.18. The van der Waals surface area contributed by atoms with Crippen LogP contribution in [0.4, 0.5) is 11.4 Å². The van der Waals surface area contributed by atoms with Crippen molar-refractivity contribution < 1.29 is 19.6 Å². The lowest BCUT2D eigenvalue weighted by atomic mass is 10.1. The largest absolute Gasteiger partial charge is 0.477 e. The number of thiophene rings is 1. The second kappa shape index (κ2) is 8.08. The van der Waals surface area contributed by atoms with Crippen molar-refractivity contribution in [2.45, 2.75) is 19.4 Å². The number of aromatic carboxylic acids is 1. The zero-order chi connectivity index (χ0) is 21.3. The Kier molecular flexibility index (Phi) is 5.33. The third-order valence-corrected chi connectivity index (χ3v) is 6.10. The molecule has 1 fully saturated rings. The van der Waals surface area contributed by atoms with E-state index in [1.165, 1.54) is 17.0 Å². The van der Waals surface area contributed by atoms with E-state index in [0.717, 1.165) is 34.6 Å². The summed E-state index contributed by atoms with van der Waals surface area (Å²) in [6.07, 6.45) is 1.57. The molecule has 1 aliphatic rings. The Balaban J connectivity index is 1.73. The summed E-state index contributed by atoms with van der Waals surface area (Å²) in [6.45, 7) is 0.151. The van der Waals surface area contributed by atoms with Crippen LogP contribution in [-0.4, -0.2) is 21.9 Å². The molecule has 30 heavy (non-hydrogen) atoms. The summed E-state index contributed by atoms with van der Waals surface area (Å²) in [7, 11) is 0. The molecule has 8 heteroatoms. The number of carbonyl (C=O) groups is 2. The summed E-state index contributed by atoms with van der Waals surface area (Å²) in [4.78, 5) is 37.8. The van der Waals surface area contributed by atoms with E-state index in [1.807, 2.05) is 30.3 Å². The fourth-order valence-electron chi connectivity index (χ4n) is 3.22. The van der Waals surface area contributed by atoms with E-state index in [0.29, 0.717) is 11.3 Å². The molecule has 4 rings (SSSR count). The number of carboxylic acid groups (broad SMARTS) is 1. The summed E-state index contributed by atoms with van der Waals surface area (Å²) in [6, 6.07) is 17.1. The Bertz CT molecular complexity index is 1100. The topological polar surface area (TPSA) is 101 Å². The van der Waals surface area contributed by atoms with E-state index < -0.39 is 10.9 Å². The molecule has 0 spiro atoms. The van der Waals surface area contributed by atoms with Crippen molar-refractivity contribution in [3.8, 4) is 10.4 Å². The molecule has 3 aromatic rings. The normalized spacial score (nSPS) is 13.1. The van der Waals surface area contributed by atoms with Crippen molar-refractivity contribution in [1.82, 2.24) is 0 Å². The number of anilines is 1. The number of nitro benzene ring substituents is 1. The summed E-state index contributed by atoms with van der Waals surface area (Å²) < 4.78 is 0. The number of benzene rings is 2. The summed E-state index contributed by atoms with van der Waals surface area (Å²) in [5.41, 5.74) is 1.90. The van der Waals surface area contributed by atoms with Crippen LogP contribution >= 0.6 is 11.3 Å². The number of hydrogen-bond acceptors (Lipinski definition) is 5. The van der Waals surface area contributed by atoms with Gasteiger partial charge in [0.25, 0.3) is 5.69 Å². The molecule has 1 heterocycles. The first-order valence-corrected chi connectivity index (χ1v) is 10.2. The molecule has 152 valence electrons. The van der Waals surface area contributed by atoms with Gasteiger partial charge < -0.3 is 10.0 Å². The van der Waals surface area contributed by atoms with Gasteiger partial charge in [-0.2, -0.15) is 0 Å². The fraction of sp³-hybridized carbons (Fsp3) is 0.182. The van der Waals surface area contributed by atoms with E-state index >= 15 is 0 Å². The van der Waals surface area contributed by atoms with Crippen molar-refractivity contribution in [2.24, 2.45) is 5.92 Å². The Labute approximate surface area is 176 Å². The number of carboxylic acids is 1. The predicted molar refractivity (Wildman–Crippen MR) is 114 cm³/mol. The zero-order valence-electron chi connectivity index (χ0n) is 15.9. The zero-order valence-corrected chi connectivity index (χ0v) is 16.7. The van der Waals surface area contributed by atoms with Gasteiger partial charge >= 0.3 is 5.97 Å². The first-order chi connectivity index (χ1) is 14.4. The Morgan fingerprint density at radius 1 is 1.10 bits per heavy atom. The molecule has 0 atom stereocenters. The lowest BCUT2D eigenvalue weighted by Gasteiger charge is -2.22. The Morgan fingerprint density at radius 2 is 1.77 bits per heavy atom. The van der Waals surface area contributed by atoms with E-state index in [4.69, 9.17) is 0 Å². The number of rotatable bonds is 7. The van der Waals surface area contributed by atoms with E-state index in [-0.39, 0.29) is 28.9 Å². The highest BCUT2D eigenvalue weighted by Crippen LogP contribution is 2.40. The van der Waals surface area contributed by atoms with Crippen molar-refractivity contribution in [1.29, 1.82) is 0 Å². The van der Waals surface area contributed by atoms with Gasteiger partial charge in [0.05, 0.1) is 17.2 Å². The van der Waals surface area contributed by atoms with E-state index in [1.54, 1.807) is 18.2 Å². The lowest BCUT2D eigenvalue weighted by molar-refractivity contribution is -0.384. The number of nitro groups is 1. The monoisotopic (exact) mass is 422 g/mol. The third-order valence-electron chi connectivity index (χ3n) is 4.94. The summed E-state index contributed by atoms with van der Waals surface area (Å²) in [5.74, 6) is -1.31. The average Bonchev–Trinajstić information content (AvgIpc) is 3.50. The minimum Gasteiger partial charge on any atom is -0.477 e. The van der Waals surface area contributed by atoms with Crippen LogP contribution < -0.4 is 4.90 Å². The van der Waals surface area contributed by atoms with Gasteiger partial charge in [-0.3, -0.25) is 14.9 Å². The van der Waals surface area contributed by atoms with Crippen LogP contribution in [0.3, 0.4) is 0 Å². The van der Waals surface area contributed by atoms with Gasteiger partial charge in [-0.25, -0.2) is 4.79 Å². The van der Waals surface area contributed by atoms with Crippen LogP contribution in [-0.2, 0) is 11.3 Å². The van der Waals surface area contributed by atoms with Crippen molar-refractivity contribution >= 4 is 34.6 Å². The van der Waals surface area contributed by atoms with Crippen LogP contribution in [0, 0.1) is 16.0 Å². The lowest BCUT2D eigenvalue weighted by Crippen LogP contribution is -2.32. The fourth-order valence-corrected chi connectivity index (χ4v) is 4.22. The smallest absolute Gasteiger partial charge is 0.348 e. The summed E-state index contributed by atoms with van der Waals surface area (Å²) >= 11 is 1.13. The van der Waals surface area contributed by atoms with Crippen LogP contribution in [0.1, 0.15) is 28.1 Å². The maximum absolute atomic E-state index is 13.0. The van der Waals surface area contributed by atoms with Crippen LogP contribution in [0.5, 0.6) is 0 Å². The van der Waals surface area contributed by atoms with E-state index in [2.05, 4.69) is 0 Å². The highest BCUT2D eigenvalue weighted by Gasteiger charge is 2.36. The molecular weight excluding hydrogens is 404 g/mol. The molecule has 7 nitrogen and oxygen atoms in total. The van der Waals surface area contributed by atoms with Gasteiger partial charge in [0.15, 0.2) is 0 Å². The molecule has 2 aromatic carbocycles. The average molecular weight is 422 g/mol. The van der Waals surface area contributed by atoms with Gasteiger partial charge in [0.2, 0.25) is 5.91 Å². The van der Waals surface area contributed by atoms with Crippen molar-refractivity contribution in [3.05, 3.63) is 81.2 Å². The molecule has 1 N–H and O–H groups in total. The minimum absolute atomic E-state index is 0.0352. The molecule has 0 bridgehead atoms. The summed E-state index contributed by atoms with van der Waals surface area (Å²) in [5, 5.41) is 20.7. The first-order valence-electron chi connectivity index (χ1n) is 9.41. The second-order valence-corrected chi connectivity index (χ2v) is 8.17. The molecular formula is C22H18N2O5S. The van der Waals surface area contributed by atoms with Crippen molar-refractivity contribution in [2.75, 3.05) is 4.90 Å². The third kappa shape index (κ3) is 4.08. The standard InChI is InChI=1S/C22H18N2O5S/c25-21(16-8-9-16)23(13-14-6-10-17(11-7-14)24(28)29)18-12-19(30-20(18)22(26)27)15-4-2-1-3-5-15/h1-7,10-12,16H,8-9,13H2,(H,26,27). The van der Waals surface area contributed by atoms with Crippen LogP contribution in [0.25, 0.3) is 10.4 Å². The SMILES string of the molecule is O=C(O)c1sc(-c2ccccc2)cc1N(Cc1ccc([N+](=O)[O-])cc1)C(=O)C1CC1. The van der Waals surface area contributed by atoms with Crippen LogP contribution in [0.2, 0.25) is 0 Å². The number of amides is 1. The Hall–Kier alpha value is -3.52. The van der Waals surface area contributed by atoms with Crippen LogP contribution in [0.15, 0.2) is 60.7 Å². The number of non-ortho nitro benzene ring substituents is 1. The molecule has 1 aromatic heterocycles. The predicted octanol–water partition coefficient (Wildman–Crippen LogP) is 4.96. The minimum atomic E-state index is -1.09. The molecule has 0 saturated heterocycles. The maximum Gasteiger partial charge on any atom is 0.348 e. The highest BCUT2D eigenvalue weighted by atomic mass is 32.1.